The summed E-state index contributed by atoms with van der Waals surface area (Å²) >= 11 is 3.41. The molecule has 21 nitrogen and oxygen atoms in total. The summed E-state index contributed by atoms with van der Waals surface area (Å²) in [5.41, 5.74) is -2.18. The fraction of sp³-hybridized carbons (Fsp3) is 0.922. The molecule has 12 saturated carbocycles. The van der Waals surface area contributed by atoms with E-state index in [0.29, 0.717) is 99.6 Å². The number of alkyl halides is 1. The predicted molar refractivity (Wildman–Crippen MR) is 391 cm³/mol. The first-order valence-corrected chi connectivity index (χ1v) is 38.8. The number of ketones is 3. The fourth-order valence-corrected chi connectivity index (χ4v) is 26.3. The molecule has 15 rings (SSSR count). The Hall–Kier alpha value is -3.54. The van der Waals surface area contributed by atoms with Gasteiger partial charge in [0.05, 0.1) is 46.0 Å². The lowest BCUT2D eigenvalue weighted by Crippen LogP contribution is -2.58. The van der Waals surface area contributed by atoms with Gasteiger partial charge in [0, 0.05) is 49.4 Å². The number of hydrogen-bond donors (Lipinski definition) is 4. The van der Waals surface area contributed by atoms with Crippen molar-refractivity contribution in [2.75, 3.05) is 46.4 Å². The minimum atomic E-state index is -0.629. The molecule has 12 aliphatic rings. The first-order chi connectivity index (χ1) is 50.3. The average molecular weight is 1460 g/mol. The number of aliphatic hydroxyl groups is 3. The molecule has 0 aromatic carbocycles. The smallest absolute Gasteiger partial charge is 0.171 e. The number of tetrazole rings is 3. The molecule has 22 heteroatoms. The molecule has 0 bridgehead atoms. The number of H-pyrrole nitrogens is 1. The number of rotatable bonds is 14. The van der Waals surface area contributed by atoms with Gasteiger partial charge < -0.3 is 29.5 Å². The quantitative estimate of drug-likeness (QED) is 0.109. The van der Waals surface area contributed by atoms with Crippen LogP contribution in [0.1, 0.15) is 262 Å². The third kappa shape index (κ3) is 14.4. The summed E-state index contributed by atoms with van der Waals surface area (Å²) in [6, 6.07) is 0. The predicted octanol–water partition coefficient (Wildman–Crippen LogP) is 13.9. The molecule has 0 spiro atoms. The maximum absolute atomic E-state index is 13.4. The number of aryl methyl sites for hydroxylation is 3. The van der Waals surface area contributed by atoms with Gasteiger partial charge in [-0.05, 0) is 334 Å². The molecule has 0 saturated heterocycles. The minimum Gasteiger partial charge on any atom is -0.390 e. The highest BCUT2D eigenvalue weighted by molar-refractivity contribution is 9.09. The van der Waals surface area contributed by atoms with E-state index < -0.39 is 36.6 Å². The van der Waals surface area contributed by atoms with E-state index in [9.17, 15) is 29.7 Å². The van der Waals surface area contributed by atoms with E-state index in [1.807, 2.05) is 27.7 Å². The molecule has 3 aromatic rings. The van der Waals surface area contributed by atoms with E-state index >= 15 is 0 Å². The Morgan fingerprint density at radius 2 is 0.909 bits per heavy atom. The summed E-state index contributed by atoms with van der Waals surface area (Å²) in [4.78, 5) is 40.8. The Labute approximate surface area is 615 Å². The van der Waals surface area contributed by atoms with Gasteiger partial charge in [-0.15, -0.1) is 25.5 Å². The van der Waals surface area contributed by atoms with Crippen molar-refractivity contribution >= 4 is 33.3 Å². The Balaban J connectivity index is 0.000000235. The van der Waals surface area contributed by atoms with Gasteiger partial charge in [-0.2, -0.15) is 10.0 Å². The van der Waals surface area contributed by atoms with E-state index in [4.69, 9.17) is 27.2 Å². The molecule has 12 aliphatic carbocycles. The van der Waals surface area contributed by atoms with E-state index in [0.717, 1.165) is 167 Å². The largest absolute Gasteiger partial charge is 0.390 e. The molecule has 12 fully saturated rings. The van der Waals surface area contributed by atoms with Crippen molar-refractivity contribution in [2.45, 2.75) is 280 Å². The van der Waals surface area contributed by atoms with Crippen LogP contribution in [0.4, 0.5) is 0 Å². The highest BCUT2D eigenvalue weighted by atomic mass is 79.9. The number of methoxy groups -OCH3 is 3. The van der Waals surface area contributed by atoms with E-state index in [1.165, 1.54) is 11.2 Å². The van der Waals surface area contributed by atoms with Crippen molar-refractivity contribution in [1.29, 1.82) is 0 Å². The topological polar surface area (TPSA) is 281 Å². The van der Waals surface area contributed by atoms with Crippen LogP contribution in [0.15, 0.2) is 0 Å². The van der Waals surface area contributed by atoms with Crippen molar-refractivity contribution in [3.63, 3.8) is 0 Å². The molecule has 3 aromatic heterocycles. The summed E-state index contributed by atoms with van der Waals surface area (Å²) in [7, 11) is 5.04. The maximum Gasteiger partial charge on any atom is 0.171 e. The van der Waals surface area contributed by atoms with Gasteiger partial charge >= 0.3 is 0 Å². The van der Waals surface area contributed by atoms with Gasteiger partial charge in [0.25, 0.3) is 0 Å². The normalized spacial score (nSPS) is 45.9. The zero-order chi connectivity index (χ0) is 77.9. The number of nitrogens with zero attached hydrogens (tertiary/aromatic N) is 11. The lowest BCUT2D eigenvalue weighted by molar-refractivity contribution is -0.175. The summed E-state index contributed by atoms with van der Waals surface area (Å²) in [6.07, 6.45) is 26.7. The molecule has 0 aliphatic heterocycles. The molecular formula is C77H137BrN12O9. The first kappa shape index (κ1) is 69.8. The summed E-state index contributed by atoms with van der Waals surface area (Å²) in [5, 5.41) is 69.4. The van der Waals surface area contributed by atoms with Crippen LogP contribution < -0.4 is 0 Å². The van der Waals surface area contributed by atoms with Crippen LogP contribution >= 0.6 is 15.9 Å². The minimum absolute atomic E-state index is 0. The van der Waals surface area contributed by atoms with E-state index in [-0.39, 0.29) is 91.2 Å². The van der Waals surface area contributed by atoms with Gasteiger partial charge in [-0.3, -0.25) is 14.4 Å². The Kier molecular flexibility index (Phi) is 21.3. The molecule has 3 unspecified atom stereocenters. The number of fused-ring (bicyclic) bond motifs is 15. The van der Waals surface area contributed by atoms with Gasteiger partial charge in [-0.25, -0.2) is 4.68 Å². The highest BCUT2D eigenvalue weighted by Gasteiger charge is 2.67. The second-order valence-corrected chi connectivity index (χ2v) is 35.8. The molecule has 0 amide bonds. The van der Waals surface area contributed by atoms with Crippen molar-refractivity contribution < 1.29 is 58.4 Å². The molecule has 27 atom stereocenters. The van der Waals surface area contributed by atoms with Gasteiger partial charge in [0.15, 0.2) is 23.2 Å². The van der Waals surface area contributed by atoms with Crippen LogP contribution in [-0.2, 0) is 41.7 Å². The first-order valence-electron chi connectivity index (χ1n) is 42.4. The summed E-state index contributed by atoms with van der Waals surface area (Å²) < 4.78 is 75.7. The third-order valence-corrected chi connectivity index (χ3v) is 30.7. The van der Waals surface area contributed by atoms with Crippen molar-refractivity contribution in [3.05, 3.63) is 17.5 Å². The number of aromatic amines is 1. The van der Waals surface area contributed by atoms with Crippen LogP contribution in [0, 0.1) is 142 Å². The van der Waals surface area contributed by atoms with Crippen molar-refractivity contribution in [3.8, 4) is 0 Å². The van der Waals surface area contributed by atoms with Crippen LogP contribution in [0.2, 0.25) is 0 Å². The number of aromatic nitrogens is 12. The van der Waals surface area contributed by atoms with Gasteiger partial charge in [0.1, 0.15) is 24.7 Å². The van der Waals surface area contributed by atoms with Gasteiger partial charge in [0.2, 0.25) is 0 Å². The number of hydrogen-bond acceptors (Lipinski definition) is 18. The average Bonchev–Trinajstić information content (AvgIpc) is 1.36. The zero-order valence-electron chi connectivity index (χ0n) is 69.7. The van der Waals surface area contributed by atoms with E-state index in [1.54, 1.807) is 39.9 Å². The lowest BCUT2D eigenvalue weighted by atomic mass is 9.43. The number of Topliss-reactive ketones (excluding diaryl/α,β-unsaturated/α-hetero) is 3. The fourth-order valence-electron chi connectivity index (χ4n) is 25.9. The summed E-state index contributed by atoms with van der Waals surface area (Å²) in [6.45, 7) is 17.3. The molecular weight excluding hydrogens is 1320 g/mol. The number of halogens is 1. The number of ether oxygens (including phenoxy) is 3. The SMILES string of the molecule is C.C.Cc1nn[nH]n1.[2HH].[2H]C(OC)[C@]12CC[C@@](C)(O)C[C@H]1CC[C@H]1[C@@H]3CC[C@H](C(=O)CBr)[C@@]3(C)CC[C@@H]12.[2H]C(OC)[C@]12CC[C@@](C)(O)C[C@H]1CC[C@H]1[C@@H]3CC[C@H](C(=O)Cn4nnc(C)n4)[C@@]3(C)CC[C@@H]12.[2H]C(OC)[C@]12CC[C@@](C)(O)C[C@H]1CC[C@H]1[C@@H]3CC[C@H](C(=O)Cn4nnnc4C)[C@@]3(C)CC[C@@H]12.[2H][2H].[2H][2H].[2H][2H]. The maximum atomic E-state index is 13.4. The van der Waals surface area contributed by atoms with E-state index in [2.05, 4.69) is 88.3 Å². The van der Waals surface area contributed by atoms with Crippen LogP contribution in [0.5, 0.6) is 0 Å². The number of carbonyl (C=O) groups excluding carboxylic acids is 3. The number of nitrogens with one attached hydrogen (secondary N) is 1. The molecule has 566 valence electrons. The van der Waals surface area contributed by atoms with Crippen molar-refractivity contribution in [1.82, 2.24) is 61.0 Å². The molecule has 4 N–H and O–H groups in total. The second-order valence-electron chi connectivity index (χ2n) is 35.2. The van der Waals surface area contributed by atoms with Crippen LogP contribution in [-0.4, -0.2) is 157 Å². The van der Waals surface area contributed by atoms with Crippen LogP contribution in [0.25, 0.3) is 0 Å². The third-order valence-electron chi connectivity index (χ3n) is 30.2. The second kappa shape index (κ2) is 30.1. The molecule has 3 heterocycles. The lowest BCUT2D eigenvalue weighted by Gasteiger charge is -2.62. The molecule has 99 heavy (non-hydrogen) atoms. The van der Waals surface area contributed by atoms with Gasteiger partial charge in [-0.1, -0.05) is 56.8 Å². The Bertz CT molecular complexity index is 3370. The van der Waals surface area contributed by atoms with Crippen molar-refractivity contribution in [2.24, 2.45) is 121 Å². The summed E-state index contributed by atoms with van der Waals surface area (Å²) in [5.74, 6) is 8.92. The zero-order valence-corrected chi connectivity index (χ0v) is 62.3. The Morgan fingerprint density at radius 1 is 0.515 bits per heavy atom. The van der Waals surface area contributed by atoms with Crippen LogP contribution in [0.3, 0.4) is 0 Å². The standard InChI is InChI=1S/2C25H40N4O3.C23H37BrO3.C2H4N4.2CH4.4H2/c1-16-26-27-28-29(16)14-22(30)21-8-7-19-18-6-5-17-13-23(2,31)11-12-25(17,15-32-4)20(18)9-10-24(19,21)3;1-16-26-28-29(27-16)14-22(30)21-8-7-19-18-6-5-17-13-23(2,31)11-12-25(17,15-32-4)20(18)9-10-24(19,21)3;1-21(26)10-11-23(14-27-3)15(12-21)4-5-16-17-6-7-19(20(25)13-24)22(17,2)9-8-18(16)23;1-2-3-5-6-4-2;;;;;;/h2*17-21,31H,5-15H2,1-4H3;15-19,26H,4-14H2,1-3H3;1H3,(H,3,4,5,6);2*1H4;4*1H/t2*17-,18+,19+,20+,21-,23-,24+,25-;15-,16+,17+,18+,19-,21-,22+,23-;;;;;;;/m111......./s1/i2*15D;14D;;;;3*1+1D;1+1/t2*15?,17-,18+,19+,20+,21-,23-,24+,25-;14?,15-,16+,17+,18+,19-,21-,22+,23-;;;;;;;. The monoisotopic (exact) mass is 1460 g/mol. The highest BCUT2D eigenvalue weighted by Crippen LogP contribution is 2.72. The Morgan fingerprint density at radius 3 is 1.22 bits per heavy atom. The molecule has 0 radical (unpaired) electrons. The number of carbonyl (C=O) groups is 3.